The number of sulfonamides is 1. The summed E-state index contributed by atoms with van der Waals surface area (Å²) in [5, 5.41) is 18.9. The van der Waals surface area contributed by atoms with Crippen molar-refractivity contribution in [1.82, 2.24) is 4.31 Å². The predicted molar refractivity (Wildman–Crippen MR) is 77.9 cm³/mol. The molecular formula is C14H17NO7S. The molecule has 126 valence electrons. The number of hydrogen-bond acceptors (Lipinski definition) is 6. The SMILES string of the molecule is O=C(O)[C@H]1CCN(S(=O)(=O)c2ccc3c(c2)OCCO3)C[C@H]1O. The number of carboxylic acids is 1. The van der Waals surface area contributed by atoms with Crippen LogP contribution >= 0.6 is 0 Å². The normalized spacial score (nSPS) is 25.1. The lowest BCUT2D eigenvalue weighted by molar-refractivity contribution is -0.147. The highest BCUT2D eigenvalue weighted by Gasteiger charge is 2.38. The minimum absolute atomic E-state index is 0.0303. The molecule has 1 aromatic rings. The molecule has 9 heteroatoms. The minimum atomic E-state index is -3.83. The lowest BCUT2D eigenvalue weighted by Crippen LogP contribution is -2.48. The quantitative estimate of drug-likeness (QED) is 0.789. The second-order valence-electron chi connectivity index (χ2n) is 5.47. The van der Waals surface area contributed by atoms with E-state index in [2.05, 4.69) is 0 Å². The average molecular weight is 343 g/mol. The van der Waals surface area contributed by atoms with Crippen LogP contribution in [-0.4, -0.2) is 61.3 Å². The van der Waals surface area contributed by atoms with Crippen LogP contribution in [0, 0.1) is 5.92 Å². The fourth-order valence-corrected chi connectivity index (χ4v) is 4.23. The van der Waals surface area contributed by atoms with Gasteiger partial charge in [0.05, 0.1) is 16.9 Å². The van der Waals surface area contributed by atoms with Crippen molar-refractivity contribution in [3.8, 4) is 11.5 Å². The molecule has 0 unspecified atom stereocenters. The van der Waals surface area contributed by atoms with Crippen molar-refractivity contribution in [2.24, 2.45) is 5.92 Å². The molecule has 2 N–H and O–H groups in total. The molecule has 0 amide bonds. The van der Waals surface area contributed by atoms with Crippen LogP contribution < -0.4 is 9.47 Å². The number of carbonyl (C=O) groups is 1. The summed E-state index contributed by atoms with van der Waals surface area (Å²) in [6, 6.07) is 4.33. The zero-order chi connectivity index (χ0) is 16.6. The zero-order valence-corrected chi connectivity index (χ0v) is 13.0. The van der Waals surface area contributed by atoms with Crippen LogP contribution in [0.3, 0.4) is 0 Å². The summed E-state index contributed by atoms with van der Waals surface area (Å²) in [5.41, 5.74) is 0. The van der Waals surface area contributed by atoms with E-state index in [0.717, 1.165) is 4.31 Å². The molecule has 0 bridgehead atoms. The summed E-state index contributed by atoms with van der Waals surface area (Å²) in [6.45, 7) is 0.561. The maximum Gasteiger partial charge on any atom is 0.309 e. The van der Waals surface area contributed by atoms with E-state index in [0.29, 0.717) is 24.7 Å². The first-order chi connectivity index (χ1) is 10.9. The van der Waals surface area contributed by atoms with Gasteiger partial charge in [0.15, 0.2) is 11.5 Å². The molecule has 1 saturated heterocycles. The molecule has 2 atom stereocenters. The first-order valence-electron chi connectivity index (χ1n) is 7.20. The van der Waals surface area contributed by atoms with E-state index in [9.17, 15) is 18.3 Å². The van der Waals surface area contributed by atoms with E-state index in [1.807, 2.05) is 0 Å². The number of β-amino-alcohol motifs (C(OH)–C–C–N with tert-alkyl or cyclic N) is 1. The van der Waals surface area contributed by atoms with Gasteiger partial charge in [0.25, 0.3) is 0 Å². The third kappa shape index (κ3) is 2.99. The van der Waals surface area contributed by atoms with Crippen LogP contribution in [0.15, 0.2) is 23.1 Å². The Bertz CT molecular complexity index is 718. The minimum Gasteiger partial charge on any atom is -0.486 e. The van der Waals surface area contributed by atoms with E-state index in [1.165, 1.54) is 18.2 Å². The van der Waals surface area contributed by atoms with E-state index in [1.54, 1.807) is 0 Å². The molecule has 8 nitrogen and oxygen atoms in total. The lowest BCUT2D eigenvalue weighted by atomic mass is 9.95. The highest BCUT2D eigenvalue weighted by molar-refractivity contribution is 7.89. The fraction of sp³-hybridized carbons (Fsp3) is 0.500. The highest BCUT2D eigenvalue weighted by Crippen LogP contribution is 2.34. The van der Waals surface area contributed by atoms with E-state index in [-0.39, 0.29) is 24.4 Å². The zero-order valence-electron chi connectivity index (χ0n) is 12.2. The first-order valence-corrected chi connectivity index (χ1v) is 8.64. The number of benzene rings is 1. The lowest BCUT2D eigenvalue weighted by Gasteiger charge is -2.33. The van der Waals surface area contributed by atoms with E-state index < -0.39 is 28.0 Å². The Labute approximate surface area is 133 Å². The Hall–Kier alpha value is -1.84. The molecule has 1 aromatic carbocycles. The van der Waals surface area contributed by atoms with Crippen LogP contribution in [0.4, 0.5) is 0 Å². The number of ether oxygens (including phenoxy) is 2. The number of hydrogen-bond donors (Lipinski definition) is 2. The van der Waals surface area contributed by atoms with Crippen LogP contribution in [0.2, 0.25) is 0 Å². The van der Waals surface area contributed by atoms with Gasteiger partial charge in [-0.25, -0.2) is 8.42 Å². The Morgan fingerprint density at radius 1 is 1.22 bits per heavy atom. The Kier molecular flexibility index (Phi) is 4.17. The molecule has 0 saturated carbocycles. The molecule has 1 fully saturated rings. The van der Waals surface area contributed by atoms with Crippen LogP contribution in [0.1, 0.15) is 6.42 Å². The van der Waals surface area contributed by atoms with Gasteiger partial charge in [0, 0.05) is 19.2 Å². The van der Waals surface area contributed by atoms with E-state index >= 15 is 0 Å². The Balaban J connectivity index is 1.83. The van der Waals surface area contributed by atoms with Gasteiger partial charge < -0.3 is 19.7 Å². The van der Waals surface area contributed by atoms with Gasteiger partial charge in [0.1, 0.15) is 13.2 Å². The standard InChI is InChI=1S/C14H17NO7S/c16-11-8-15(4-3-10(11)14(17)18)23(19,20)9-1-2-12-13(7-9)22-6-5-21-12/h1-2,7,10-11,16H,3-6,8H2,(H,17,18)/t10-,11+/m0/s1. The van der Waals surface area contributed by atoms with Gasteiger partial charge in [-0.3, -0.25) is 4.79 Å². The smallest absolute Gasteiger partial charge is 0.309 e. The van der Waals surface area contributed by atoms with Crippen LogP contribution in [-0.2, 0) is 14.8 Å². The summed E-state index contributed by atoms with van der Waals surface area (Å²) >= 11 is 0. The number of piperidine rings is 1. The summed E-state index contributed by atoms with van der Waals surface area (Å²) in [4.78, 5) is 11.0. The molecule has 0 radical (unpaired) electrons. The summed E-state index contributed by atoms with van der Waals surface area (Å²) in [6.07, 6.45) is -1.16. The molecule has 2 aliphatic heterocycles. The van der Waals surface area contributed by atoms with Gasteiger partial charge in [-0.05, 0) is 18.6 Å². The summed E-state index contributed by atoms with van der Waals surface area (Å²) in [5.74, 6) is -1.21. The molecule has 3 rings (SSSR count). The summed E-state index contributed by atoms with van der Waals surface area (Å²) in [7, 11) is -3.83. The maximum atomic E-state index is 12.7. The third-order valence-corrected chi connectivity index (χ3v) is 5.87. The highest BCUT2D eigenvalue weighted by atomic mass is 32.2. The third-order valence-electron chi connectivity index (χ3n) is 4.01. The number of aliphatic hydroxyl groups is 1. The van der Waals surface area contributed by atoms with Crippen LogP contribution in [0.5, 0.6) is 11.5 Å². The fourth-order valence-electron chi connectivity index (χ4n) is 2.74. The number of nitrogens with zero attached hydrogens (tertiary/aromatic N) is 1. The average Bonchev–Trinajstić information content (AvgIpc) is 2.53. The van der Waals surface area contributed by atoms with Crippen molar-refractivity contribution >= 4 is 16.0 Å². The molecular weight excluding hydrogens is 326 g/mol. The number of rotatable bonds is 3. The summed E-state index contributed by atoms with van der Waals surface area (Å²) < 4.78 is 37.2. The Morgan fingerprint density at radius 3 is 2.57 bits per heavy atom. The van der Waals surface area contributed by atoms with Crippen molar-refractivity contribution in [3.63, 3.8) is 0 Å². The molecule has 2 aliphatic rings. The monoisotopic (exact) mass is 343 g/mol. The van der Waals surface area contributed by atoms with Crippen molar-refractivity contribution in [1.29, 1.82) is 0 Å². The number of aliphatic carboxylic acids is 1. The van der Waals surface area contributed by atoms with Gasteiger partial charge in [-0.1, -0.05) is 0 Å². The maximum absolute atomic E-state index is 12.7. The van der Waals surface area contributed by atoms with Crippen molar-refractivity contribution in [2.75, 3.05) is 26.3 Å². The van der Waals surface area contributed by atoms with Crippen molar-refractivity contribution in [3.05, 3.63) is 18.2 Å². The van der Waals surface area contributed by atoms with Crippen molar-refractivity contribution in [2.45, 2.75) is 17.4 Å². The topological polar surface area (TPSA) is 113 Å². The first kappa shape index (κ1) is 16.0. The molecule has 0 aromatic heterocycles. The van der Waals surface area contributed by atoms with Gasteiger partial charge in [-0.2, -0.15) is 4.31 Å². The van der Waals surface area contributed by atoms with Crippen LogP contribution in [0.25, 0.3) is 0 Å². The van der Waals surface area contributed by atoms with Gasteiger partial charge in [0.2, 0.25) is 10.0 Å². The van der Waals surface area contributed by atoms with Crippen molar-refractivity contribution < 1.29 is 32.9 Å². The molecule has 0 aliphatic carbocycles. The molecule has 2 heterocycles. The molecule has 23 heavy (non-hydrogen) atoms. The second kappa shape index (κ2) is 5.99. The van der Waals surface area contributed by atoms with E-state index in [4.69, 9.17) is 14.6 Å². The van der Waals surface area contributed by atoms with Gasteiger partial charge >= 0.3 is 5.97 Å². The predicted octanol–water partition coefficient (Wildman–Crippen LogP) is -0.0861. The Morgan fingerprint density at radius 2 is 1.91 bits per heavy atom. The second-order valence-corrected chi connectivity index (χ2v) is 7.41. The number of carboxylic acid groups (broad SMARTS) is 1. The molecule has 0 spiro atoms. The number of fused-ring (bicyclic) bond motifs is 1. The largest absolute Gasteiger partial charge is 0.486 e. The number of aliphatic hydroxyl groups excluding tert-OH is 1. The van der Waals surface area contributed by atoms with Gasteiger partial charge in [-0.15, -0.1) is 0 Å².